The number of benzene rings is 1. The minimum absolute atomic E-state index is 0.185. The van der Waals surface area contributed by atoms with Gasteiger partial charge in [-0.25, -0.2) is 9.59 Å². The van der Waals surface area contributed by atoms with Crippen LogP contribution in [0.1, 0.15) is 40.5 Å². The van der Waals surface area contributed by atoms with Crippen molar-refractivity contribution >= 4 is 23.5 Å². The Bertz CT molecular complexity index is 524. The Morgan fingerprint density at radius 3 is 2.30 bits per heavy atom. The second-order valence-corrected chi connectivity index (χ2v) is 4.04. The van der Waals surface area contributed by atoms with Gasteiger partial charge in [-0.15, -0.1) is 0 Å². The third-order valence-corrected chi connectivity index (χ3v) is 2.60. The van der Waals surface area contributed by atoms with Crippen molar-refractivity contribution in [1.82, 2.24) is 0 Å². The molecule has 1 rings (SSSR count). The van der Waals surface area contributed by atoms with Crippen LogP contribution in [0.15, 0.2) is 18.2 Å². The van der Waals surface area contributed by atoms with Crippen LogP contribution in [0.3, 0.4) is 0 Å². The number of esters is 2. The first-order chi connectivity index (χ1) is 9.53. The van der Waals surface area contributed by atoms with Crippen LogP contribution in [-0.4, -0.2) is 32.1 Å². The first-order valence-electron chi connectivity index (χ1n) is 6.14. The Morgan fingerprint density at radius 1 is 1.10 bits per heavy atom. The van der Waals surface area contributed by atoms with Crippen molar-refractivity contribution in [3.8, 4) is 0 Å². The Kier molecular flexibility index (Phi) is 5.71. The summed E-state index contributed by atoms with van der Waals surface area (Å²) in [7, 11) is 2.50. The fraction of sp³-hybridized carbons (Fsp3) is 0.357. The fourth-order valence-electron chi connectivity index (χ4n) is 1.62. The van der Waals surface area contributed by atoms with E-state index in [2.05, 4.69) is 14.8 Å². The van der Waals surface area contributed by atoms with Crippen LogP contribution in [0.25, 0.3) is 0 Å². The molecule has 0 atom stereocenters. The molecular formula is C14H17NO5. The van der Waals surface area contributed by atoms with Gasteiger partial charge in [0.05, 0.1) is 31.0 Å². The van der Waals surface area contributed by atoms with E-state index < -0.39 is 11.9 Å². The van der Waals surface area contributed by atoms with E-state index in [0.29, 0.717) is 12.8 Å². The van der Waals surface area contributed by atoms with Gasteiger partial charge in [-0.1, -0.05) is 6.92 Å². The van der Waals surface area contributed by atoms with Crippen LogP contribution in [-0.2, 0) is 14.3 Å². The zero-order chi connectivity index (χ0) is 15.1. The molecule has 0 aliphatic heterocycles. The van der Waals surface area contributed by atoms with Crippen molar-refractivity contribution in [2.75, 3.05) is 19.5 Å². The van der Waals surface area contributed by atoms with Crippen molar-refractivity contribution in [3.63, 3.8) is 0 Å². The number of hydrogen-bond acceptors (Lipinski definition) is 5. The molecule has 0 aliphatic rings. The third kappa shape index (κ3) is 3.81. The molecule has 1 amide bonds. The summed E-state index contributed by atoms with van der Waals surface area (Å²) in [5.74, 6) is -1.37. The number of nitrogens with one attached hydrogen (secondary N) is 1. The van der Waals surface area contributed by atoms with Gasteiger partial charge < -0.3 is 14.8 Å². The summed E-state index contributed by atoms with van der Waals surface area (Å²) in [5.41, 5.74) is 0.662. The number of rotatable bonds is 5. The van der Waals surface area contributed by atoms with E-state index in [1.54, 1.807) is 0 Å². The molecule has 1 aromatic carbocycles. The number of amides is 1. The molecular weight excluding hydrogens is 262 g/mol. The first kappa shape index (κ1) is 15.7. The highest BCUT2D eigenvalue weighted by atomic mass is 16.5. The highest BCUT2D eigenvalue weighted by molar-refractivity contribution is 6.03. The van der Waals surface area contributed by atoms with Crippen molar-refractivity contribution in [2.45, 2.75) is 19.8 Å². The van der Waals surface area contributed by atoms with E-state index in [0.717, 1.165) is 0 Å². The summed E-state index contributed by atoms with van der Waals surface area (Å²) in [6, 6.07) is 4.25. The third-order valence-electron chi connectivity index (χ3n) is 2.60. The van der Waals surface area contributed by atoms with E-state index in [9.17, 15) is 14.4 Å². The number of ether oxygens (including phenoxy) is 2. The zero-order valence-corrected chi connectivity index (χ0v) is 11.7. The molecule has 108 valence electrons. The molecule has 0 bridgehead atoms. The van der Waals surface area contributed by atoms with Crippen molar-refractivity contribution in [3.05, 3.63) is 29.3 Å². The standard InChI is InChI=1S/C14H17NO5/c1-4-5-12(16)15-11-8-9(13(17)19-2)6-7-10(11)14(18)20-3/h6-8H,4-5H2,1-3H3,(H,15,16). The van der Waals surface area contributed by atoms with Crippen LogP contribution in [0, 0.1) is 0 Å². The minimum Gasteiger partial charge on any atom is -0.465 e. The number of hydrogen-bond donors (Lipinski definition) is 1. The number of anilines is 1. The van der Waals surface area contributed by atoms with Crippen molar-refractivity contribution in [2.24, 2.45) is 0 Å². The molecule has 20 heavy (non-hydrogen) atoms. The number of methoxy groups -OCH3 is 2. The van der Waals surface area contributed by atoms with E-state index in [4.69, 9.17) is 0 Å². The molecule has 6 nitrogen and oxygen atoms in total. The fourth-order valence-corrected chi connectivity index (χ4v) is 1.62. The molecule has 0 aliphatic carbocycles. The molecule has 0 unspecified atom stereocenters. The Morgan fingerprint density at radius 2 is 1.75 bits per heavy atom. The average Bonchev–Trinajstić information content (AvgIpc) is 2.45. The van der Waals surface area contributed by atoms with Gasteiger partial charge in [0, 0.05) is 6.42 Å². The maximum Gasteiger partial charge on any atom is 0.339 e. The minimum atomic E-state index is -0.590. The SMILES string of the molecule is CCCC(=O)Nc1cc(C(=O)OC)ccc1C(=O)OC. The number of carbonyl (C=O) groups is 3. The molecule has 1 N–H and O–H groups in total. The molecule has 0 spiro atoms. The first-order valence-corrected chi connectivity index (χ1v) is 6.14. The van der Waals surface area contributed by atoms with Crippen LogP contribution >= 0.6 is 0 Å². The molecule has 0 aromatic heterocycles. The van der Waals surface area contributed by atoms with E-state index in [1.807, 2.05) is 6.92 Å². The van der Waals surface area contributed by atoms with Gasteiger partial charge in [0.25, 0.3) is 0 Å². The highest BCUT2D eigenvalue weighted by Gasteiger charge is 2.16. The van der Waals surface area contributed by atoms with Crippen molar-refractivity contribution in [1.29, 1.82) is 0 Å². The van der Waals surface area contributed by atoms with Gasteiger partial charge in [-0.05, 0) is 24.6 Å². The van der Waals surface area contributed by atoms with Crippen molar-refractivity contribution < 1.29 is 23.9 Å². The summed E-state index contributed by atoms with van der Waals surface area (Å²) >= 11 is 0. The maximum atomic E-state index is 11.6. The summed E-state index contributed by atoms with van der Waals surface area (Å²) in [6.07, 6.45) is 0.999. The monoisotopic (exact) mass is 279 g/mol. The Labute approximate surface area is 117 Å². The summed E-state index contributed by atoms with van der Waals surface area (Å²) in [5, 5.41) is 2.60. The van der Waals surface area contributed by atoms with Gasteiger partial charge in [0.15, 0.2) is 0 Å². The highest BCUT2D eigenvalue weighted by Crippen LogP contribution is 2.20. The van der Waals surface area contributed by atoms with Crippen LogP contribution < -0.4 is 5.32 Å². The lowest BCUT2D eigenvalue weighted by molar-refractivity contribution is -0.116. The molecule has 0 saturated heterocycles. The van der Waals surface area contributed by atoms with Gasteiger partial charge >= 0.3 is 11.9 Å². The van der Waals surface area contributed by atoms with Crippen LogP contribution in [0.4, 0.5) is 5.69 Å². The zero-order valence-electron chi connectivity index (χ0n) is 11.7. The largest absolute Gasteiger partial charge is 0.465 e. The molecule has 0 saturated carbocycles. The number of carbonyl (C=O) groups excluding carboxylic acids is 3. The second-order valence-electron chi connectivity index (χ2n) is 4.04. The average molecular weight is 279 g/mol. The summed E-state index contributed by atoms with van der Waals surface area (Å²) in [4.78, 5) is 34.8. The van der Waals surface area contributed by atoms with Gasteiger partial charge in [0.1, 0.15) is 0 Å². The van der Waals surface area contributed by atoms with Gasteiger partial charge in [-0.2, -0.15) is 0 Å². The molecule has 0 radical (unpaired) electrons. The second kappa shape index (κ2) is 7.28. The van der Waals surface area contributed by atoms with E-state index in [1.165, 1.54) is 32.4 Å². The Balaban J connectivity index is 3.15. The smallest absolute Gasteiger partial charge is 0.339 e. The predicted molar refractivity (Wildman–Crippen MR) is 72.7 cm³/mol. The Hall–Kier alpha value is -2.37. The lowest BCUT2D eigenvalue weighted by Gasteiger charge is -2.11. The lowest BCUT2D eigenvalue weighted by atomic mass is 10.1. The van der Waals surface area contributed by atoms with Gasteiger partial charge in [0.2, 0.25) is 5.91 Å². The molecule has 1 aromatic rings. The summed E-state index contributed by atoms with van der Waals surface area (Å²) < 4.78 is 9.24. The lowest BCUT2D eigenvalue weighted by Crippen LogP contribution is -2.15. The molecule has 0 fully saturated rings. The van der Waals surface area contributed by atoms with E-state index >= 15 is 0 Å². The summed E-state index contributed by atoms with van der Waals surface area (Å²) in [6.45, 7) is 1.87. The predicted octanol–water partition coefficient (Wildman–Crippen LogP) is 2.00. The molecule has 0 heterocycles. The normalized spacial score (nSPS) is 9.75. The van der Waals surface area contributed by atoms with Crippen LogP contribution in [0.5, 0.6) is 0 Å². The topological polar surface area (TPSA) is 81.7 Å². The quantitative estimate of drug-likeness (QED) is 0.834. The van der Waals surface area contributed by atoms with Gasteiger partial charge in [-0.3, -0.25) is 4.79 Å². The van der Waals surface area contributed by atoms with Crippen LogP contribution in [0.2, 0.25) is 0 Å². The molecule has 6 heteroatoms. The maximum absolute atomic E-state index is 11.6. The van der Waals surface area contributed by atoms with E-state index in [-0.39, 0.29) is 22.7 Å².